The van der Waals surface area contributed by atoms with Crippen molar-refractivity contribution in [3.63, 3.8) is 0 Å². The molecule has 5 heterocycles. The molecule has 12 heteroatoms. The van der Waals surface area contributed by atoms with E-state index in [1.165, 1.54) is 11.8 Å². The third kappa shape index (κ3) is 4.64. The van der Waals surface area contributed by atoms with Crippen LogP contribution in [0.4, 0.5) is 0 Å². The van der Waals surface area contributed by atoms with Gasteiger partial charge in [-0.25, -0.2) is 15.0 Å². The van der Waals surface area contributed by atoms with Gasteiger partial charge in [-0.05, 0) is 45.0 Å². The molecule has 0 bridgehead atoms. The van der Waals surface area contributed by atoms with E-state index in [9.17, 15) is 4.79 Å². The predicted octanol–water partition coefficient (Wildman–Crippen LogP) is 3.96. The summed E-state index contributed by atoms with van der Waals surface area (Å²) >= 11 is 1.45. The van der Waals surface area contributed by atoms with Crippen LogP contribution in [0.3, 0.4) is 0 Å². The molecule has 5 aromatic heterocycles. The molecule has 0 atom stereocenters. The van der Waals surface area contributed by atoms with Crippen LogP contribution in [0.25, 0.3) is 22.2 Å². The Bertz CT molecular complexity index is 1960. The molecule has 0 aliphatic carbocycles. The highest BCUT2D eigenvalue weighted by Crippen LogP contribution is 2.34. The average molecular weight is 557 g/mol. The van der Waals surface area contributed by atoms with Gasteiger partial charge in [0.15, 0.2) is 28.1 Å². The summed E-state index contributed by atoms with van der Waals surface area (Å²) in [5, 5.41) is 10.8. The quantitative estimate of drug-likeness (QED) is 0.203. The molecule has 0 aliphatic rings. The van der Waals surface area contributed by atoms with Gasteiger partial charge in [-0.1, -0.05) is 17.8 Å². The van der Waals surface area contributed by atoms with Crippen LogP contribution in [0, 0.1) is 20.8 Å². The fourth-order valence-electron chi connectivity index (χ4n) is 4.84. The van der Waals surface area contributed by atoms with Gasteiger partial charge in [0.05, 0.1) is 31.1 Å². The number of thioether (sulfide) groups is 1. The molecule has 11 nitrogen and oxygen atoms in total. The summed E-state index contributed by atoms with van der Waals surface area (Å²) in [5.74, 6) is 2.27. The molecule has 0 unspecified atom stereocenters. The predicted molar refractivity (Wildman–Crippen MR) is 153 cm³/mol. The largest absolute Gasteiger partial charge is 0.493 e. The first-order valence-corrected chi connectivity index (χ1v) is 13.8. The van der Waals surface area contributed by atoms with Crippen molar-refractivity contribution in [2.45, 2.75) is 44.6 Å². The summed E-state index contributed by atoms with van der Waals surface area (Å²) in [7, 11) is 3.19. The number of rotatable bonds is 8. The van der Waals surface area contributed by atoms with E-state index in [0.29, 0.717) is 63.7 Å². The molecule has 6 aromatic rings. The van der Waals surface area contributed by atoms with Gasteiger partial charge in [-0.3, -0.25) is 13.9 Å². The number of pyridine rings is 1. The second-order valence-corrected chi connectivity index (χ2v) is 10.5. The van der Waals surface area contributed by atoms with Crippen LogP contribution in [0.2, 0.25) is 0 Å². The lowest BCUT2D eigenvalue weighted by Gasteiger charge is -2.11. The molecule has 1 aromatic carbocycles. The molecule has 40 heavy (non-hydrogen) atoms. The number of fused-ring (bicyclic) bond motifs is 4. The number of hydrogen-bond donors (Lipinski definition) is 0. The van der Waals surface area contributed by atoms with E-state index < -0.39 is 0 Å². The first-order valence-electron chi connectivity index (χ1n) is 12.8. The summed E-state index contributed by atoms with van der Waals surface area (Å²) in [6.07, 6.45) is 0.602. The maximum atomic E-state index is 12.8. The van der Waals surface area contributed by atoms with E-state index in [2.05, 4.69) is 11.2 Å². The molecule has 0 N–H and O–H groups in total. The zero-order valence-corrected chi connectivity index (χ0v) is 23.7. The molecule has 0 amide bonds. The summed E-state index contributed by atoms with van der Waals surface area (Å²) in [6, 6.07) is 13.0. The Balaban J connectivity index is 1.41. The van der Waals surface area contributed by atoms with Crippen molar-refractivity contribution in [1.29, 1.82) is 0 Å². The SMILES string of the molecule is COc1cc2nc(SCc3cc(=O)n4c(C)cccc4n3)n3nc(CCn4nc(C)cc4C)nc3c2cc1OC. The van der Waals surface area contributed by atoms with Crippen molar-refractivity contribution in [2.75, 3.05) is 14.2 Å². The number of methoxy groups -OCH3 is 2. The van der Waals surface area contributed by atoms with E-state index in [0.717, 1.165) is 22.5 Å². The molecular formula is C28H28N8O3S. The highest BCUT2D eigenvalue weighted by atomic mass is 32.2. The summed E-state index contributed by atoms with van der Waals surface area (Å²) < 4.78 is 16.4. The van der Waals surface area contributed by atoms with Gasteiger partial charge in [0.25, 0.3) is 5.56 Å². The van der Waals surface area contributed by atoms with Gasteiger partial charge in [0.2, 0.25) is 0 Å². The molecular weight excluding hydrogens is 528 g/mol. The van der Waals surface area contributed by atoms with E-state index in [4.69, 9.17) is 29.5 Å². The Labute approximate surface area is 233 Å². The topological polar surface area (TPSA) is 114 Å². The summed E-state index contributed by atoms with van der Waals surface area (Å²) in [6.45, 7) is 6.57. The van der Waals surface area contributed by atoms with E-state index in [-0.39, 0.29) is 5.56 Å². The zero-order valence-electron chi connectivity index (χ0n) is 22.9. The van der Waals surface area contributed by atoms with Crippen LogP contribution < -0.4 is 15.0 Å². The highest BCUT2D eigenvalue weighted by Gasteiger charge is 2.18. The van der Waals surface area contributed by atoms with Crippen molar-refractivity contribution in [1.82, 2.24) is 38.7 Å². The van der Waals surface area contributed by atoms with Crippen LogP contribution in [-0.2, 0) is 18.7 Å². The van der Waals surface area contributed by atoms with Gasteiger partial charge < -0.3 is 9.47 Å². The van der Waals surface area contributed by atoms with E-state index in [1.807, 2.05) is 55.8 Å². The average Bonchev–Trinajstić information content (AvgIpc) is 3.51. The van der Waals surface area contributed by atoms with Crippen LogP contribution in [0.15, 0.2) is 52.4 Å². The van der Waals surface area contributed by atoms with Crippen LogP contribution in [0.1, 0.15) is 28.6 Å². The fraction of sp³-hybridized carbons (Fsp3) is 0.286. The van der Waals surface area contributed by atoms with Gasteiger partial charge in [-0.2, -0.15) is 9.61 Å². The lowest BCUT2D eigenvalue weighted by molar-refractivity contribution is 0.355. The minimum atomic E-state index is -0.112. The third-order valence-corrected chi connectivity index (χ3v) is 7.69. The molecule has 0 radical (unpaired) electrons. The highest BCUT2D eigenvalue weighted by molar-refractivity contribution is 7.98. The number of benzene rings is 1. The molecule has 0 saturated heterocycles. The second-order valence-electron chi connectivity index (χ2n) is 9.52. The standard InChI is InChI=1S/C28H28N8O3S/c1-16-11-18(3)34(32-16)10-9-24-31-27-20-13-22(38-4)23(39-5)14-21(20)30-28(36(27)33-24)40-15-19-12-26(37)35-17(2)7-6-8-25(35)29-19/h6-8,11-14H,9-10,15H2,1-5H3. The van der Waals surface area contributed by atoms with Gasteiger partial charge in [0.1, 0.15) is 5.65 Å². The minimum absolute atomic E-state index is 0.112. The molecule has 6 rings (SSSR count). The Hall–Kier alpha value is -4.45. The summed E-state index contributed by atoms with van der Waals surface area (Å²) in [5.41, 5.74) is 5.44. The number of aryl methyl sites for hydroxylation is 5. The van der Waals surface area contributed by atoms with Gasteiger partial charge in [-0.15, -0.1) is 5.10 Å². The fourth-order valence-corrected chi connectivity index (χ4v) is 5.67. The first-order chi connectivity index (χ1) is 19.3. The van der Waals surface area contributed by atoms with Crippen LogP contribution in [0.5, 0.6) is 11.5 Å². The lowest BCUT2D eigenvalue weighted by atomic mass is 10.2. The second kappa shape index (κ2) is 10.3. The zero-order chi connectivity index (χ0) is 28.0. The number of ether oxygens (including phenoxy) is 2. The number of hydrogen-bond acceptors (Lipinski definition) is 9. The van der Waals surface area contributed by atoms with Crippen LogP contribution >= 0.6 is 11.8 Å². The molecule has 0 saturated carbocycles. The smallest absolute Gasteiger partial charge is 0.258 e. The Kier molecular flexibility index (Phi) is 6.62. The third-order valence-electron chi connectivity index (χ3n) is 6.72. The molecule has 0 fully saturated rings. The molecule has 0 aliphatic heterocycles. The van der Waals surface area contributed by atoms with Gasteiger partial charge in [0, 0.05) is 47.6 Å². The first kappa shape index (κ1) is 25.8. The molecule has 204 valence electrons. The van der Waals surface area contributed by atoms with Crippen molar-refractivity contribution in [2.24, 2.45) is 0 Å². The van der Waals surface area contributed by atoms with Gasteiger partial charge >= 0.3 is 0 Å². The Morgan fingerprint density at radius 1 is 0.900 bits per heavy atom. The minimum Gasteiger partial charge on any atom is -0.493 e. The van der Waals surface area contributed by atoms with Crippen molar-refractivity contribution in [3.05, 3.63) is 81.4 Å². The van der Waals surface area contributed by atoms with Crippen molar-refractivity contribution in [3.8, 4) is 11.5 Å². The Morgan fingerprint density at radius 2 is 1.70 bits per heavy atom. The van der Waals surface area contributed by atoms with E-state index >= 15 is 0 Å². The maximum Gasteiger partial charge on any atom is 0.258 e. The molecule has 0 spiro atoms. The maximum absolute atomic E-state index is 12.8. The van der Waals surface area contributed by atoms with E-state index in [1.54, 1.807) is 29.2 Å². The Morgan fingerprint density at radius 3 is 2.45 bits per heavy atom. The van der Waals surface area contributed by atoms with Crippen LogP contribution in [-0.4, -0.2) is 53.0 Å². The number of aromatic nitrogens is 8. The monoisotopic (exact) mass is 556 g/mol. The lowest BCUT2D eigenvalue weighted by Crippen LogP contribution is -2.17. The summed E-state index contributed by atoms with van der Waals surface area (Å²) in [4.78, 5) is 27.3. The van der Waals surface area contributed by atoms with Crippen molar-refractivity contribution < 1.29 is 9.47 Å². The normalized spacial score (nSPS) is 11.6. The number of nitrogens with zero attached hydrogens (tertiary/aromatic N) is 8. The van der Waals surface area contributed by atoms with Crippen molar-refractivity contribution >= 4 is 34.0 Å².